The standard InChI is InChI=1S/C15H16O2S/c1-11(16)12-3-5-13(6-4-12)17-14-7-9-15(18-2)10-8-14/h3-11,16H,1-2H3/t11-/m0/s1. The second-order valence-corrected chi connectivity index (χ2v) is 4.90. The lowest BCUT2D eigenvalue weighted by Crippen LogP contribution is -1.90. The van der Waals surface area contributed by atoms with Crippen LogP contribution in [0.1, 0.15) is 18.6 Å². The highest BCUT2D eigenvalue weighted by molar-refractivity contribution is 7.98. The zero-order valence-corrected chi connectivity index (χ0v) is 11.3. The van der Waals surface area contributed by atoms with E-state index in [1.165, 1.54) is 4.90 Å². The number of benzene rings is 2. The Labute approximate surface area is 112 Å². The van der Waals surface area contributed by atoms with Crippen molar-refractivity contribution in [3.05, 3.63) is 54.1 Å². The van der Waals surface area contributed by atoms with Crippen molar-refractivity contribution in [1.29, 1.82) is 0 Å². The third-order valence-corrected chi connectivity index (χ3v) is 3.40. The van der Waals surface area contributed by atoms with Crippen LogP contribution in [0.2, 0.25) is 0 Å². The summed E-state index contributed by atoms with van der Waals surface area (Å²) < 4.78 is 5.72. The quantitative estimate of drug-likeness (QED) is 0.833. The molecule has 0 amide bonds. The highest BCUT2D eigenvalue weighted by Gasteiger charge is 2.01. The highest BCUT2D eigenvalue weighted by atomic mass is 32.2. The van der Waals surface area contributed by atoms with Crippen molar-refractivity contribution in [2.45, 2.75) is 17.9 Å². The van der Waals surface area contributed by atoms with Crippen LogP contribution in [0.4, 0.5) is 0 Å². The predicted octanol–water partition coefficient (Wildman–Crippen LogP) is 4.25. The largest absolute Gasteiger partial charge is 0.457 e. The molecule has 1 atom stereocenters. The number of hydrogen-bond acceptors (Lipinski definition) is 3. The lowest BCUT2D eigenvalue weighted by molar-refractivity contribution is 0.199. The van der Waals surface area contributed by atoms with Crippen LogP contribution in [0.25, 0.3) is 0 Å². The molecule has 94 valence electrons. The van der Waals surface area contributed by atoms with Crippen molar-refractivity contribution in [2.24, 2.45) is 0 Å². The molecule has 0 aliphatic rings. The van der Waals surface area contributed by atoms with Crippen LogP contribution in [-0.2, 0) is 0 Å². The zero-order valence-electron chi connectivity index (χ0n) is 10.5. The van der Waals surface area contributed by atoms with Gasteiger partial charge in [-0.15, -0.1) is 11.8 Å². The van der Waals surface area contributed by atoms with E-state index in [1.807, 2.05) is 54.8 Å². The van der Waals surface area contributed by atoms with E-state index in [0.717, 1.165) is 17.1 Å². The molecule has 0 aliphatic carbocycles. The topological polar surface area (TPSA) is 29.5 Å². The first kappa shape index (κ1) is 13.0. The van der Waals surface area contributed by atoms with Crippen LogP contribution in [0.15, 0.2) is 53.4 Å². The summed E-state index contributed by atoms with van der Waals surface area (Å²) >= 11 is 1.71. The van der Waals surface area contributed by atoms with E-state index in [9.17, 15) is 5.11 Å². The average Bonchev–Trinajstić information content (AvgIpc) is 2.40. The number of rotatable bonds is 4. The Balaban J connectivity index is 2.08. The van der Waals surface area contributed by atoms with Crippen molar-refractivity contribution >= 4 is 11.8 Å². The molecule has 0 spiro atoms. The molecule has 3 heteroatoms. The van der Waals surface area contributed by atoms with Gasteiger partial charge in [-0.25, -0.2) is 0 Å². The molecule has 2 aromatic rings. The van der Waals surface area contributed by atoms with Gasteiger partial charge in [-0.2, -0.15) is 0 Å². The molecule has 0 saturated heterocycles. The fourth-order valence-corrected chi connectivity index (χ4v) is 2.00. The molecule has 0 saturated carbocycles. The Morgan fingerprint density at radius 3 is 1.89 bits per heavy atom. The van der Waals surface area contributed by atoms with Gasteiger partial charge < -0.3 is 9.84 Å². The van der Waals surface area contributed by atoms with Gasteiger partial charge >= 0.3 is 0 Å². The van der Waals surface area contributed by atoms with Crippen molar-refractivity contribution in [3.8, 4) is 11.5 Å². The molecule has 2 aromatic carbocycles. The van der Waals surface area contributed by atoms with E-state index in [1.54, 1.807) is 18.7 Å². The smallest absolute Gasteiger partial charge is 0.127 e. The molecule has 0 bridgehead atoms. The molecule has 0 unspecified atom stereocenters. The second kappa shape index (κ2) is 5.94. The Kier molecular flexibility index (Phi) is 4.28. The third-order valence-electron chi connectivity index (χ3n) is 2.66. The molecular weight excluding hydrogens is 244 g/mol. The second-order valence-electron chi connectivity index (χ2n) is 4.02. The Hall–Kier alpha value is -1.45. The van der Waals surface area contributed by atoms with Gasteiger partial charge in [-0.05, 0) is 55.1 Å². The summed E-state index contributed by atoms with van der Waals surface area (Å²) in [5, 5.41) is 9.42. The first-order valence-electron chi connectivity index (χ1n) is 5.79. The number of hydrogen-bond donors (Lipinski definition) is 1. The van der Waals surface area contributed by atoms with Gasteiger partial charge in [-0.1, -0.05) is 12.1 Å². The monoisotopic (exact) mass is 260 g/mol. The maximum absolute atomic E-state index is 9.42. The normalized spacial score (nSPS) is 12.2. The first-order valence-corrected chi connectivity index (χ1v) is 7.01. The summed E-state index contributed by atoms with van der Waals surface area (Å²) in [5.41, 5.74) is 0.889. The first-order chi connectivity index (χ1) is 8.69. The lowest BCUT2D eigenvalue weighted by atomic mass is 10.1. The van der Waals surface area contributed by atoms with Crippen LogP contribution in [0, 0.1) is 0 Å². The molecular formula is C15H16O2S. The number of thioether (sulfide) groups is 1. The number of aliphatic hydroxyl groups is 1. The SMILES string of the molecule is CSc1ccc(Oc2ccc([C@H](C)O)cc2)cc1. The van der Waals surface area contributed by atoms with Gasteiger partial charge in [0.15, 0.2) is 0 Å². The summed E-state index contributed by atoms with van der Waals surface area (Å²) in [6, 6.07) is 15.4. The van der Waals surface area contributed by atoms with E-state index in [-0.39, 0.29) is 0 Å². The minimum Gasteiger partial charge on any atom is -0.457 e. The minimum atomic E-state index is -0.445. The van der Waals surface area contributed by atoms with E-state index in [4.69, 9.17) is 4.74 Å². The van der Waals surface area contributed by atoms with E-state index >= 15 is 0 Å². The molecule has 2 nitrogen and oxygen atoms in total. The van der Waals surface area contributed by atoms with Crippen molar-refractivity contribution in [1.82, 2.24) is 0 Å². The predicted molar refractivity (Wildman–Crippen MR) is 75.4 cm³/mol. The summed E-state index contributed by atoms with van der Waals surface area (Å²) in [5.74, 6) is 1.59. The molecule has 0 aromatic heterocycles. The van der Waals surface area contributed by atoms with Crippen molar-refractivity contribution in [2.75, 3.05) is 6.26 Å². The van der Waals surface area contributed by atoms with Gasteiger partial charge in [-0.3, -0.25) is 0 Å². The number of ether oxygens (including phenoxy) is 1. The van der Waals surface area contributed by atoms with Crippen LogP contribution in [0.3, 0.4) is 0 Å². The minimum absolute atomic E-state index is 0.445. The van der Waals surface area contributed by atoms with E-state index in [0.29, 0.717) is 0 Å². The van der Waals surface area contributed by atoms with Gasteiger partial charge in [0.1, 0.15) is 11.5 Å². The average molecular weight is 260 g/mol. The third kappa shape index (κ3) is 3.28. The van der Waals surface area contributed by atoms with Crippen LogP contribution >= 0.6 is 11.8 Å². The highest BCUT2D eigenvalue weighted by Crippen LogP contribution is 2.25. The number of aliphatic hydroxyl groups excluding tert-OH is 1. The molecule has 0 fully saturated rings. The van der Waals surface area contributed by atoms with E-state index < -0.39 is 6.10 Å². The van der Waals surface area contributed by atoms with Gasteiger partial charge in [0.25, 0.3) is 0 Å². The Morgan fingerprint density at radius 1 is 0.944 bits per heavy atom. The lowest BCUT2D eigenvalue weighted by Gasteiger charge is -2.08. The van der Waals surface area contributed by atoms with Crippen LogP contribution in [-0.4, -0.2) is 11.4 Å². The Bertz CT molecular complexity index is 489. The molecule has 0 radical (unpaired) electrons. The molecule has 2 rings (SSSR count). The van der Waals surface area contributed by atoms with E-state index in [2.05, 4.69) is 0 Å². The summed E-state index contributed by atoms with van der Waals surface area (Å²) in [6.45, 7) is 1.75. The molecule has 0 heterocycles. The molecule has 18 heavy (non-hydrogen) atoms. The van der Waals surface area contributed by atoms with Crippen molar-refractivity contribution < 1.29 is 9.84 Å². The van der Waals surface area contributed by atoms with Gasteiger partial charge in [0.05, 0.1) is 6.10 Å². The Morgan fingerprint density at radius 2 is 1.44 bits per heavy atom. The van der Waals surface area contributed by atoms with Gasteiger partial charge in [0.2, 0.25) is 0 Å². The zero-order chi connectivity index (χ0) is 13.0. The fraction of sp³-hybridized carbons (Fsp3) is 0.200. The molecule has 0 aliphatic heterocycles. The maximum Gasteiger partial charge on any atom is 0.127 e. The molecule has 1 N–H and O–H groups in total. The van der Waals surface area contributed by atoms with Gasteiger partial charge in [0, 0.05) is 4.90 Å². The van der Waals surface area contributed by atoms with Crippen LogP contribution < -0.4 is 4.74 Å². The maximum atomic E-state index is 9.42. The van der Waals surface area contributed by atoms with Crippen molar-refractivity contribution in [3.63, 3.8) is 0 Å². The van der Waals surface area contributed by atoms with Crippen LogP contribution in [0.5, 0.6) is 11.5 Å². The summed E-state index contributed by atoms with van der Waals surface area (Å²) in [6.07, 6.45) is 1.60. The summed E-state index contributed by atoms with van der Waals surface area (Å²) in [4.78, 5) is 1.21. The fourth-order valence-electron chi connectivity index (χ4n) is 1.59. The summed E-state index contributed by atoms with van der Waals surface area (Å²) in [7, 11) is 0.